The molecule has 0 aliphatic heterocycles. The second-order valence-corrected chi connectivity index (χ2v) is 7.12. The molecule has 0 amide bonds. The highest BCUT2D eigenvalue weighted by Gasteiger charge is 2.25. The largest absolute Gasteiger partial charge is 0.374 e. The second kappa shape index (κ2) is 5.78. The summed E-state index contributed by atoms with van der Waals surface area (Å²) < 4.78 is 22.9. The van der Waals surface area contributed by atoms with Crippen LogP contribution in [0.1, 0.15) is 33.6 Å². The van der Waals surface area contributed by atoms with Crippen molar-refractivity contribution in [2.45, 2.75) is 44.0 Å². The number of hydrogen-bond donors (Lipinski definition) is 1. The van der Waals surface area contributed by atoms with Gasteiger partial charge in [-0.15, -0.1) is 0 Å². The van der Waals surface area contributed by atoms with Crippen molar-refractivity contribution in [2.75, 3.05) is 11.6 Å². The van der Waals surface area contributed by atoms with Gasteiger partial charge in [0.1, 0.15) is 5.69 Å². The average molecular weight is 300 g/mol. The second-order valence-electron chi connectivity index (χ2n) is 5.10. The quantitative estimate of drug-likeness (QED) is 0.644. The van der Waals surface area contributed by atoms with Crippen LogP contribution in [0.5, 0.6) is 0 Å². The lowest BCUT2D eigenvalue weighted by Gasteiger charge is -2.29. The topological polar surface area (TPSA) is 89.3 Å². The van der Waals surface area contributed by atoms with Gasteiger partial charge in [-0.1, -0.05) is 13.8 Å². The van der Waals surface area contributed by atoms with Crippen LogP contribution >= 0.6 is 0 Å². The Morgan fingerprint density at radius 1 is 1.30 bits per heavy atom. The SMILES string of the molecule is CCC(C)(CC)Nc1ccc(S(C)(=O)=O)cc1[N+](=O)[O-]. The summed E-state index contributed by atoms with van der Waals surface area (Å²) in [6, 6.07) is 3.94. The van der Waals surface area contributed by atoms with Crippen LogP contribution in [0.15, 0.2) is 23.1 Å². The van der Waals surface area contributed by atoms with E-state index in [0.717, 1.165) is 25.2 Å². The number of nitrogens with one attached hydrogen (secondary N) is 1. The van der Waals surface area contributed by atoms with Crippen LogP contribution < -0.4 is 5.32 Å². The average Bonchev–Trinajstić information content (AvgIpc) is 2.37. The summed E-state index contributed by atoms with van der Waals surface area (Å²) in [5.41, 5.74) is -0.146. The number of nitro benzene ring substituents is 1. The van der Waals surface area contributed by atoms with Gasteiger partial charge in [0.15, 0.2) is 9.84 Å². The molecule has 0 bridgehead atoms. The third kappa shape index (κ3) is 3.69. The van der Waals surface area contributed by atoms with Crippen LogP contribution in [0.2, 0.25) is 0 Å². The summed E-state index contributed by atoms with van der Waals surface area (Å²) in [4.78, 5) is 10.5. The molecule has 0 radical (unpaired) electrons. The number of benzene rings is 1. The maximum absolute atomic E-state index is 11.5. The summed E-state index contributed by atoms with van der Waals surface area (Å²) in [6.45, 7) is 5.96. The predicted octanol–water partition coefficient (Wildman–Crippen LogP) is 2.99. The molecule has 0 aliphatic carbocycles. The summed E-state index contributed by atoms with van der Waals surface area (Å²) in [5.74, 6) is 0. The van der Waals surface area contributed by atoms with Crippen molar-refractivity contribution in [2.24, 2.45) is 0 Å². The third-order valence-corrected chi connectivity index (χ3v) is 4.70. The molecular formula is C13H20N2O4S. The van der Waals surface area contributed by atoms with Gasteiger partial charge in [0.05, 0.1) is 9.82 Å². The molecule has 1 aromatic rings. The van der Waals surface area contributed by atoms with E-state index in [0.29, 0.717) is 5.69 Å². The Morgan fingerprint density at radius 2 is 1.85 bits per heavy atom. The monoisotopic (exact) mass is 300 g/mol. The number of nitro groups is 1. The van der Waals surface area contributed by atoms with E-state index in [-0.39, 0.29) is 16.1 Å². The van der Waals surface area contributed by atoms with Crippen LogP contribution in [0.4, 0.5) is 11.4 Å². The van der Waals surface area contributed by atoms with Crippen molar-refractivity contribution in [3.8, 4) is 0 Å². The maximum Gasteiger partial charge on any atom is 0.293 e. The zero-order valence-corrected chi connectivity index (χ0v) is 13.0. The van der Waals surface area contributed by atoms with E-state index in [1.165, 1.54) is 12.1 Å². The normalized spacial score (nSPS) is 12.2. The molecule has 1 N–H and O–H groups in total. The van der Waals surface area contributed by atoms with Crippen molar-refractivity contribution in [3.05, 3.63) is 28.3 Å². The third-order valence-electron chi connectivity index (χ3n) is 3.59. The molecule has 0 fully saturated rings. The first-order valence-corrected chi connectivity index (χ1v) is 8.29. The first-order valence-electron chi connectivity index (χ1n) is 6.39. The van der Waals surface area contributed by atoms with E-state index in [9.17, 15) is 18.5 Å². The smallest absolute Gasteiger partial charge is 0.293 e. The minimum atomic E-state index is -3.46. The van der Waals surface area contributed by atoms with Crippen LogP contribution in [0, 0.1) is 10.1 Å². The molecule has 0 atom stereocenters. The molecule has 0 heterocycles. The van der Waals surface area contributed by atoms with Gasteiger partial charge in [-0.2, -0.15) is 0 Å². The van der Waals surface area contributed by atoms with Gasteiger partial charge in [-0.05, 0) is 31.9 Å². The van der Waals surface area contributed by atoms with Gasteiger partial charge >= 0.3 is 0 Å². The molecule has 7 heteroatoms. The predicted molar refractivity (Wildman–Crippen MR) is 78.8 cm³/mol. The van der Waals surface area contributed by atoms with Gasteiger partial charge in [0, 0.05) is 17.9 Å². The number of nitrogens with zero attached hydrogens (tertiary/aromatic N) is 1. The lowest BCUT2D eigenvalue weighted by molar-refractivity contribution is -0.384. The zero-order chi connectivity index (χ0) is 15.6. The minimum Gasteiger partial charge on any atom is -0.374 e. The van der Waals surface area contributed by atoms with Crippen molar-refractivity contribution < 1.29 is 13.3 Å². The molecule has 112 valence electrons. The van der Waals surface area contributed by atoms with E-state index >= 15 is 0 Å². The standard InChI is InChI=1S/C13H20N2O4S/c1-5-13(3,6-2)14-11-8-7-10(20(4,18)19)9-12(11)15(16)17/h7-9,14H,5-6H2,1-4H3. The van der Waals surface area contributed by atoms with E-state index < -0.39 is 14.8 Å². The highest BCUT2D eigenvalue weighted by molar-refractivity contribution is 7.90. The van der Waals surface area contributed by atoms with Crippen LogP contribution in [0.3, 0.4) is 0 Å². The fraction of sp³-hybridized carbons (Fsp3) is 0.538. The summed E-state index contributed by atoms with van der Waals surface area (Å²) in [6.07, 6.45) is 2.63. The molecule has 0 aromatic heterocycles. The zero-order valence-electron chi connectivity index (χ0n) is 12.1. The van der Waals surface area contributed by atoms with Crippen molar-refractivity contribution in [1.29, 1.82) is 0 Å². The van der Waals surface area contributed by atoms with Gasteiger partial charge in [0.2, 0.25) is 0 Å². The number of hydrogen-bond acceptors (Lipinski definition) is 5. The molecule has 0 saturated heterocycles. The Morgan fingerprint density at radius 3 is 2.25 bits per heavy atom. The molecular weight excluding hydrogens is 280 g/mol. The molecule has 1 rings (SSSR count). The first kappa shape index (κ1) is 16.4. The molecule has 20 heavy (non-hydrogen) atoms. The van der Waals surface area contributed by atoms with Crippen molar-refractivity contribution in [3.63, 3.8) is 0 Å². The fourth-order valence-electron chi connectivity index (χ4n) is 1.75. The highest BCUT2D eigenvalue weighted by atomic mass is 32.2. The lowest BCUT2D eigenvalue weighted by atomic mass is 9.95. The Labute approximate surface area is 119 Å². The van der Waals surface area contributed by atoms with Crippen LogP contribution in [-0.4, -0.2) is 25.1 Å². The van der Waals surface area contributed by atoms with Crippen LogP contribution in [-0.2, 0) is 9.84 Å². The lowest BCUT2D eigenvalue weighted by Crippen LogP contribution is -2.33. The Kier molecular flexibility index (Phi) is 4.75. The summed E-state index contributed by atoms with van der Waals surface area (Å²) in [7, 11) is -3.46. The van der Waals surface area contributed by atoms with Crippen molar-refractivity contribution in [1.82, 2.24) is 0 Å². The fourth-order valence-corrected chi connectivity index (χ4v) is 2.39. The molecule has 0 aliphatic rings. The molecule has 1 aromatic carbocycles. The number of rotatable bonds is 6. The summed E-state index contributed by atoms with van der Waals surface area (Å²) in [5, 5.41) is 14.3. The summed E-state index contributed by atoms with van der Waals surface area (Å²) >= 11 is 0. The van der Waals surface area contributed by atoms with E-state index in [4.69, 9.17) is 0 Å². The molecule has 0 unspecified atom stereocenters. The number of sulfone groups is 1. The first-order chi connectivity index (χ1) is 9.13. The van der Waals surface area contributed by atoms with Crippen LogP contribution in [0.25, 0.3) is 0 Å². The van der Waals surface area contributed by atoms with Gasteiger partial charge in [0.25, 0.3) is 5.69 Å². The molecule has 0 spiro atoms. The van der Waals surface area contributed by atoms with E-state index in [1.807, 2.05) is 20.8 Å². The van der Waals surface area contributed by atoms with Crippen molar-refractivity contribution >= 4 is 21.2 Å². The maximum atomic E-state index is 11.5. The van der Waals surface area contributed by atoms with Gasteiger partial charge in [-0.25, -0.2) is 8.42 Å². The highest BCUT2D eigenvalue weighted by Crippen LogP contribution is 2.31. The molecule has 0 saturated carbocycles. The van der Waals surface area contributed by atoms with Gasteiger partial charge in [-0.3, -0.25) is 10.1 Å². The Hall–Kier alpha value is -1.63. The Bertz CT molecular complexity index is 607. The van der Waals surface area contributed by atoms with Gasteiger partial charge < -0.3 is 5.32 Å². The number of anilines is 1. The van der Waals surface area contributed by atoms with E-state index in [2.05, 4.69) is 5.32 Å². The Balaban J connectivity index is 3.32. The molecule has 6 nitrogen and oxygen atoms in total. The van der Waals surface area contributed by atoms with E-state index in [1.54, 1.807) is 0 Å². The minimum absolute atomic E-state index is 0.0514.